The molecule has 2 aliphatic heterocycles. The zero-order chi connectivity index (χ0) is 19.8. The SMILES string of the molecule is CC(=O)NC1C[C@H]2CC[C@@H](C1)N2Cc1ccc(Oc2nc3cnccc3s2)cc1. The highest BCUT2D eigenvalue weighted by atomic mass is 32.1. The zero-order valence-corrected chi connectivity index (χ0v) is 17.2. The quantitative estimate of drug-likeness (QED) is 0.688. The summed E-state index contributed by atoms with van der Waals surface area (Å²) >= 11 is 1.53. The molecule has 4 heterocycles. The van der Waals surface area contributed by atoms with E-state index in [2.05, 4.69) is 32.3 Å². The fourth-order valence-electron chi connectivity index (χ4n) is 4.71. The third kappa shape index (κ3) is 3.97. The Kier molecular flexibility index (Phi) is 4.93. The number of piperidine rings is 1. The second kappa shape index (κ2) is 7.72. The van der Waals surface area contributed by atoms with Crippen LogP contribution in [-0.2, 0) is 11.3 Å². The molecule has 150 valence electrons. The second-order valence-electron chi connectivity index (χ2n) is 8.00. The highest BCUT2D eigenvalue weighted by Crippen LogP contribution is 2.37. The van der Waals surface area contributed by atoms with Crippen LogP contribution in [0.5, 0.6) is 10.9 Å². The van der Waals surface area contributed by atoms with Crippen molar-refractivity contribution in [3.8, 4) is 10.9 Å². The summed E-state index contributed by atoms with van der Waals surface area (Å²) in [6.07, 6.45) is 8.10. The van der Waals surface area contributed by atoms with Crippen molar-refractivity contribution in [1.82, 2.24) is 20.2 Å². The number of hydrogen-bond acceptors (Lipinski definition) is 6. The van der Waals surface area contributed by atoms with Crippen molar-refractivity contribution in [2.24, 2.45) is 0 Å². The van der Waals surface area contributed by atoms with Crippen molar-refractivity contribution in [2.45, 2.75) is 57.3 Å². The lowest BCUT2D eigenvalue weighted by atomic mass is 9.96. The number of nitrogens with zero attached hydrogens (tertiary/aromatic N) is 3. The van der Waals surface area contributed by atoms with Crippen LogP contribution in [0.4, 0.5) is 0 Å². The molecule has 7 heteroatoms. The van der Waals surface area contributed by atoms with Gasteiger partial charge < -0.3 is 10.1 Å². The topological polar surface area (TPSA) is 67.4 Å². The molecule has 6 nitrogen and oxygen atoms in total. The van der Waals surface area contributed by atoms with Crippen LogP contribution in [0, 0.1) is 0 Å². The molecule has 2 saturated heterocycles. The summed E-state index contributed by atoms with van der Waals surface area (Å²) in [7, 11) is 0. The molecule has 1 aromatic carbocycles. The molecule has 2 fully saturated rings. The molecule has 0 radical (unpaired) electrons. The average Bonchev–Trinajstić information content (AvgIpc) is 3.20. The summed E-state index contributed by atoms with van der Waals surface area (Å²) in [5, 5.41) is 3.75. The van der Waals surface area contributed by atoms with Gasteiger partial charge in [-0.1, -0.05) is 23.5 Å². The Morgan fingerprint density at radius 2 is 1.97 bits per heavy atom. The van der Waals surface area contributed by atoms with Gasteiger partial charge in [0, 0.05) is 37.8 Å². The zero-order valence-electron chi connectivity index (χ0n) is 16.4. The molecule has 29 heavy (non-hydrogen) atoms. The number of ether oxygens (including phenoxy) is 1. The molecule has 0 aliphatic carbocycles. The van der Waals surface area contributed by atoms with E-state index in [9.17, 15) is 4.79 Å². The van der Waals surface area contributed by atoms with E-state index in [0.717, 1.165) is 35.4 Å². The monoisotopic (exact) mass is 408 g/mol. The highest BCUT2D eigenvalue weighted by molar-refractivity contribution is 7.20. The number of fused-ring (bicyclic) bond motifs is 3. The number of nitrogens with one attached hydrogen (secondary N) is 1. The van der Waals surface area contributed by atoms with Gasteiger partial charge in [-0.3, -0.25) is 14.7 Å². The number of benzene rings is 1. The Balaban J connectivity index is 1.22. The first-order valence-corrected chi connectivity index (χ1v) is 11.0. The fraction of sp³-hybridized carbons (Fsp3) is 0.409. The van der Waals surface area contributed by atoms with Crippen LogP contribution < -0.4 is 10.1 Å². The number of carbonyl (C=O) groups excluding carboxylic acids is 1. The summed E-state index contributed by atoms with van der Waals surface area (Å²) < 4.78 is 7.01. The van der Waals surface area contributed by atoms with Crippen LogP contribution in [-0.4, -0.2) is 38.9 Å². The minimum absolute atomic E-state index is 0.0860. The average molecular weight is 409 g/mol. The molecule has 3 atom stereocenters. The molecule has 2 aliphatic rings. The van der Waals surface area contributed by atoms with E-state index in [-0.39, 0.29) is 5.91 Å². The van der Waals surface area contributed by atoms with E-state index in [1.54, 1.807) is 19.3 Å². The predicted octanol–water partition coefficient (Wildman–Crippen LogP) is 4.12. The molecule has 0 saturated carbocycles. The normalized spacial score (nSPS) is 24.0. The van der Waals surface area contributed by atoms with Gasteiger partial charge in [0.1, 0.15) is 11.3 Å². The van der Waals surface area contributed by atoms with Gasteiger partial charge in [0.2, 0.25) is 5.91 Å². The minimum Gasteiger partial charge on any atom is -0.431 e. The number of hydrogen-bond donors (Lipinski definition) is 1. The highest BCUT2D eigenvalue weighted by Gasteiger charge is 2.40. The van der Waals surface area contributed by atoms with Crippen molar-refractivity contribution >= 4 is 27.5 Å². The number of amides is 1. The molecule has 2 bridgehead atoms. The Labute approximate surface area is 173 Å². The van der Waals surface area contributed by atoms with Crippen molar-refractivity contribution in [1.29, 1.82) is 0 Å². The van der Waals surface area contributed by atoms with Crippen LogP contribution in [0.3, 0.4) is 0 Å². The van der Waals surface area contributed by atoms with Crippen molar-refractivity contribution < 1.29 is 9.53 Å². The van der Waals surface area contributed by atoms with Gasteiger partial charge in [-0.2, -0.15) is 0 Å². The van der Waals surface area contributed by atoms with Gasteiger partial charge >= 0.3 is 0 Å². The standard InChI is InChI=1S/C22H24N4O2S/c1-14(27)24-16-10-17-4-5-18(11-16)26(17)13-15-2-6-19(7-3-15)28-22-25-20-12-23-9-8-21(20)29-22/h2-3,6-9,12,16-18H,4-5,10-11,13H2,1H3,(H,24,27)/t16?,17-,18+. The molecule has 5 rings (SSSR count). The number of carbonyl (C=O) groups is 1. The van der Waals surface area contributed by atoms with Crippen LogP contribution in [0.2, 0.25) is 0 Å². The van der Waals surface area contributed by atoms with E-state index < -0.39 is 0 Å². The number of rotatable bonds is 5. The fourth-order valence-corrected chi connectivity index (χ4v) is 5.52. The molecule has 2 aromatic heterocycles. The summed E-state index contributed by atoms with van der Waals surface area (Å²) in [6.45, 7) is 2.57. The molecule has 1 unspecified atom stereocenters. The van der Waals surface area contributed by atoms with Gasteiger partial charge in [-0.05, 0) is 49.4 Å². The summed E-state index contributed by atoms with van der Waals surface area (Å²) in [6, 6.07) is 11.7. The number of aromatic nitrogens is 2. The van der Waals surface area contributed by atoms with Crippen LogP contribution in [0.15, 0.2) is 42.7 Å². The van der Waals surface area contributed by atoms with Gasteiger partial charge in [-0.25, -0.2) is 4.98 Å². The van der Waals surface area contributed by atoms with Crippen molar-refractivity contribution in [2.75, 3.05) is 0 Å². The van der Waals surface area contributed by atoms with Crippen LogP contribution >= 0.6 is 11.3 Å². The first-order valence-electron chi connectivity index (χ1n) is 10.1. The van der Waals surface area contributed by atoms with E-state index >= 15 is 0 Å². The van der Waals surface area contributed by atoms with E-state index in [4.69, 9.17) is 4.74 Å². The maximum absolute atomic E-state index is 11.4. The lowest BCUT2D eigenvalue weighted by Gasteiger charge is -2.39. The van der Waals surface area contributed by atoms with Crippen molar-refractivity contribution in [3.63, 3.8) is 0 Å². The summed E-state index contributed by atoms with van der Waals surface area (Å²) in [5.74, 6) is 0.885. The largest absolute Gasteiger partial charge is 0.431 e. The van der Waals surface area contributed by atoms with E-state index in [1.165, 1.54) is 29.7 Å². The first kappa shape index (κ1) is 18.5. The lowest BCUT2D eigenvalue weighted by molar-refractivity contribution is -0.120. The predicted molar refractivity (Wildman–Crippen MR) is 113 cm³/mol. The maximum Gasteiger partial charge on any atom is 0.279 e. The van der Waals surface area contributed by atoms with Crippen molar-refractivity contribution in [3.05, 3.63) is 48.3 Å². The van der Waals surface area contributed by atoms with E-state index in [1.807, 2.05) is 18.2 Å². The Morgan fingerprint density at radius 3 is 2.66 bits per heavy atom. The number of thiazole rings is 1. The molecular weight excluding hydrogens is 384 g/mol. The Bertz CT molecular complexity index is 972. The van der Waals surface area contributed by atoms with Gasteiger partial charge in [0.25, 0.3) is 5.19 Å². The minimum atomic E-state index is 0.0860. The van der Waals surface area contributed by atoms with Gasteiger partial charge in [0.15, 0.2) is 0 Å². The molecular formula is C22H24N4O2S. The third-order valence-electron chi connectivity index (χ3n) is 5.96. The Hall–Kier alpha value is -2.51. The van der Waals surface area contributed by atoms with Crippen LogP contribution in [0.1, 0.15) is 38.2 Å². The Morgan fingerprint density at radius 1 is 1.21 bits per heavy atom. The second-order valence-corrected chi connectivity index (χ2v) is 8.99. The van der Waals surface area contributed by atoms with E-state index in [0.29, 0.717) is 23.3 Å². The maximum atomic E-state index is 11.4. The summed E-state index contributed by atoms with van der Waals surface area (Å²) in [4.78, 5) is 22.6. The number of pyridine rings is 1. The summed E-state index contributed by atoms with van der Waals surface area (Å²) in [5.41, 5.74) is 2.16. The molecule has 3 aromatic rings. The lowest BCUT2D eigenvalue weighted by Crippen LogP contribution is -2.49. The smallest absolute Gasteiger partial charge is 0.279 e. The van der Waals surface area contributed by atoms with Gasteiger partial charge in [-0.15, -0.1) is 0 Å². The first-order chi connectivity index (χ1) is 14.1. The van der Waals surface area contributed by atoms with Gasteiger partial charge in [0.05, 0.1) is 10.9 Å². The third-order valence-corrected chi connectivity index (χ3v) is 6.87. The van der Waals surface area contributed by atoms with Crippen LogP contribution in [0.25, 0.3) is 10.2 Å². The molecule has 1 N–H and O–H groups in total. The molecule has 0 spiro atoms. The molecule has 1 amide bonds.